The Morgan fingerprint density at radius 2 is 2.07 bits per heavy atom. The van der Waals surface area contributed by atoms with Gasteiger partial charge in [0.1, 0.15) is 12.6 Å². The summed E-state index contributed by atoms with van der Waals surface area (Å²) >= 11 is 0. The van der Waals surface area contributed by atoms with Gasteiger partial charge in [0.25, 0.3) is 0 Å². The van der Waals surface area contributed by atoms with E-state index in [4.69, 9.17) is 9.47 Å². The number of hydrogen-bond acceptors (Lipinski definition) is 6. The van der Waals surface area contributed by atoms with Gasteiger partial charge >= 0.3 is 6.09 Å². The average Bonchev–Trinajstić information content (AvgIpc) is 3.32. The number of nitrogens with zero attached hydrogens (tertiary/aromatic N) is 5. The van der Waals surface area contributed by atoms with Crippen molar-refractivity contribution in [1.29, 1.82) is 0 Å². The Morgan fingerprint density at radius 1 is 1.26 bits per heavy atom. The summed E-state index contributed by atoms with van der Waals surface area (Å²) in [5.74, 6) is 0.0109. The fourth-order valence-corrected chi connectivity index (χ4v) is 4.05. The van der Waals surface area contributed by atoms with Gasteiger partial charge in [0, 0.05) is 38.9 Å². The number of amides is 2. The number of aromatic nitrogens is 2. The Bertz CT molecular complexity index is 687. The molecule has 3 aliphatic rings. The molecular formula is C18H27N5O4. The molecule has 2 amide bonds. The van der Waals surface area contributed by atoms with Crippen LogP contribution < -0.4 is 0 Å². The van der Waals surface area contributed by atoms with Gasteiger partial charge in [-0.25, -0.2) is 4.79 Å². The fourth-order valence-electron chi connectivity index (χ4n) is 4.05. The summed E-state index contributed by atoms with van der Waals surface area (Å²) in [6.07, 6.45) is 4.03. The summed E-state index contributed by atoms with van der Waals surface area (Å²) in [4.78, 5) is 30.7. The predicted octanol–water partition coefficient (Wildman–Crippen LogP) is -0.0546. The lowest BCUT2D eigenvalue weighted by atomic mass is 10.2. The Labute approximate surface area is 158 Å². The number of ether oxygens (including phenoxy) is 2. The monoisotopic (exact) mass is 377 g/mol. The molecule has 0 unspecified atom stereocenters. The molecule has 3 aliphatic heterocycles. The van der Waals surface area contributed by atoms with E-state index in [9.17, 15) is 9.59 Å². The zero-order valence-corrected chi connectivity index (χ0v) is 15.7. The van der Waals surface area contributed by atoms with E-state index < -0.39 is 0 Å². The van der Waals surface area contributed by atoms with Crippen LogP contribution in [0.5, 0.6) is 0 Å². The summed E-state index contributed by atoms with van der Waals surface area (Å²) < 4.78 is 12.5. The normalized spacial score (nSPS) is 25.7. The molecule has 3 fully saturated rings. The number of carbonyl (C=O) groups is 2. The van der Waals surface area contributed by atoms with E-state index in [1.54, 1.807) is 20.7 Å². The first-order valence-electron chi connectivity index (χ1n) is 9.64. The minimum Gasteiger partial charge on any atom is -0.442 e. The highest BCUT2D eigenvalue weighted by Gasteiger charge is 2.48. The number of morpholine rings is 1. The van der Waals surface area contributed by atoms with Crippen molar-refractivity contribution in [2.45, 2.75) is 32.0 Å². The Morgan fingerprint density at radius 3 is 2.81 bits per heavy atom. The van der Waals surface area contributed by atoms with E-state index in [0.717, 1.165) is 44.8 Å². The van der Waals surface area contributed by atoms with Crippen LogP contribution in [0.15, 0.2) is 12.4 Å². The second-order valence-electron chi connectivity index (χ2n) is 7.50. The van der Waals surface area contributed by atoms with Crippen molar-refractivity contribution in [2.24, 2.45) is 0 Å². The zero-order chi connectivity index (χ0) is 18.8. The van der Waals surface area contributed by atoms with Crippen molar-refractivity contribution >= 4 is 12.0 Å². The number of fused-ring (bicyclic) bond motifs is 1. The van der Waals surface area contributed by atoms with Crippen LogP contribution in [0, 0.1) is 6.92 Å². The van der Waals surface area contributed by atoms with Crippen molar-refractivity contribution in [3.8, 4) is 0 Å². The topological polar surface area (TPSA) is 80.1 Å². The van der Waals surface area contributed by atoms with Crippen LogP contribution in [-0.2, 0) is 20.8 Å². The second-order valence-corrected chi connectivity index (χ2v) is 7.50. The average molecular weight is 377 g/mol. The summed E-state index contributed by atoms with van der Waals surface area (Å²) in [6.45, 7) is 8.25. The standard InChI is InChI=1S/C18H27N5O4/c1-14-9-19-22(10-14)13-17(24)21-11-15-16(12-21)27-18(25)23(15)4-2-3-20-5-7-26-8-6-20/h9-10,15-16H,2-8,11-13H2,1H3/t15-,16+/m0/s1. The van der Waals surface area contributed by atoms with E-state index in [0.29, 0.717) is 19.6 Å². The van der Waals surface area contributed by atoms with Gasteiger partial charge in [-0.1, -0.05) is 0 Å². The van der Waals surface area contributed by atoms with Crippen LogP contribution >= 0.6 is 0 Å². The third-order valence-electron chi connectivity index (χ3n) is 5.51. The van der Waals surface area contributed by atoms with Crippen molar-refractivity contribution in [1.82, 2.24) is 24.5 Å². The van der Waals surface area contributed by atoms with Gasteiger partial charge in [-0.2, -0.15) is 5.10 Å². The number of likely N-dealkylation sites (tertiary alicyclic amines) is 1. The molecule has 0 bridgehead atoms. The molecule has 148 valence electrons. The molecule has 3 saturated heterocycles. The van der Waals surface area contributed by atoms with Crippen molar-refractivity contribution in [3.63, 3.8) is 0 Å². The molecule has 4 heterocycles. The van der Waals surface area contributed by atoms with Gasteiger partial charge in [-0.05, 0) is 18.9 Å². The fraction of sp³-hybridized carbons (Fsp3) is 0.722. The zero-order valence-electron chi connectivity index (χ0n) is 15.7. The third kappa shape index (κ3) is 4.08. The largest absolute Gasteiger partial charge is 0.442 e. The summed E-state index contributed by atoms with van der Waals surface area (Å²) in [6, 6.07) is -0.0366. The lowest BCUT2D eigenvalue weighted by Crippen LogP contribution is -2.42. The lowest BCUT2D eigenvalue weighted by molar-refractivity contribution is -0.131. The first-order valence-corrected chi connectivity index (χ1v) is 9.64. The van der Waals surface area contributed by atoms with Gasteiger partial charge in [0.2, 0.25) is 5.91 Å². The molecule has 0 spiro atoms. The molecular weight excluding hydrogens is 350 g/mol. The van der Waals surface area contributed by atoms with E-state index in [1.807, 2.05) is 13.1 Å². The van der Waals surface area contributed by atoms with Crippen molar-refractivity contribution < 1.29 is 19.1 Å². The highest BCUT2D eigenvalue weighted by Crippen LogP contribution is 2.27. The Kier molecular flexibility index (Phi) is 5.31. The van der Waals surface area contributed by atoms with Crippen molar-refractivity contribution in [2.75, 3.05) is 52.5 Å². The molecule has 0 aromatic carbocycles. The molecule has 27 heavy (non-hydrogen) atoms. The van der Waals surface area contributed by atoms with Crippen LogP contribution in [0.25, 0.3) is 0 Å². The maximum absolute atomic E-state index is 12.6. The molecule has 0 N–H and O–H groups in total. The predicted molar refractivity (Wildman–Crippen MR) is 96.2 cm³/mol. The molecule has 0 saturated carbocycles. The van der Waals surface area contributed by atoms with Gasteiger partial charge in [-0.3, -0.25) is 19.3 Å². The Balaban J connectivity index is 1.28. The highest BCUT2D eigenvalue weighted by molar-refractivity contribution is 5.77. The van der Waals surface area contributed by atoms with Gasteiger partial charge in [-0.15, -0.1) is 0 Å². The second kappa shape index (κ2) is 7.85. The molecule has 0 radical (unpaired) electrons. The molecule has 9 heteroatoms. The Hall–Kier alpha value is -2.13. The highest BCUT2D eigenvalue weighted by atomic mass is 16.6. The number of hydrogen-bond donors (Lipinski definition) is 0. The van der Waals surface area contributed by atoms with Crippen molar-refractivity contribution in [3.05, 3.63) is 18.0 Å². The van der Waals surface area contributed by atoms with Crippen LogP contribution in [0.3, 0.4) is 0 Å². The first kappa shape index (κ1) is 18.2. The minimum absolute atomic E-state index is 0.0109. The maximum Gasteiger partial charge on any atom is 0.410 e. The summed E-state index contributed by atoms with van der Waals surface area (Å²) in [7, 11) is 0. The maximum atomic E-state index is 12.6. The van der Waals surface area contributed by atoms with E-state index >= 15 is 0 Å². The number of rotatable bonds is 6. The molecule has 1 aromatic rings. The molecule has 2 atom stereocenters. The smallest absolute Gasteiger partial charge is 0.410 e. The van der Waals surface area contributed by atoms with Gasteiger partial charge in [0.05, 0.1) is 32.0 Å². The van der Waals surface area contributed by atoms with Crippen LogP contribution in [0.1, 0.15) is 12.0 Å². The van der Waals surface area contributed by atoms with E-state index in [-0.39, 0.29) is 30.7 Å². The molecule has 9 nitrogen and oxygen atoms in total. The number of carbonyl (C=O) groups excluding carboxylic acids is 2. The van der Waals surface area contributed by atoms with Gasteiger partial charge < -0.3 is 14.4 Å². The summed E-state index contributed by atoms with van der Waals surface area (Å²) in [5.41, 5.74) is 1.03. The summed E-state index contributed by atoms with van der Waals surface area (Å²) in [5, 5.41) is 4.17. The van der Waals surface area contributed by atoms with E-state index in [2.05, 4.69) is 10.00 Å². The SMILES string of the molecule is Cc1cnn(CC(=O)N2C[C@H]3OC(=O)N(CCCN4CCOCC4)[C@H]3C2)c1. The molecule has 1 aromatic heterocycles. The van der Waals surface area contributed by atoms with Gasteiger partial charge in [0.15, 0.2) is 0 Å². The molecule has 0 aliphatic carbocycles. The van der Waals surface area contributed by atoms with E-state index in [1.165, 1.54) is 0 Å². The first-order chi connectivity index (χ1) is 13.1. The molecule has 4 rings (SSSR count). The van der Waals surface area contributed by atoms with Crippen LogP contribution in [0.4, 0.5) is 4.79 Å². The number of aryl methyl sites for hydroxylation is 1. The lowest BCUT2D eigenvalue weighted by Gasteiger charge is -2.28. The van der Waals surface area contributed by atoms with Crippen LogP contribution in [0.2, 0.25) is 0 Å². The quantitative estimate of drug-likeness (QED) is 0.691. The van der Waals surface area contributed by atoms with Crippen LogP contribution in [-0.4, -0.2) is 101 Å². The third-order valence-corrected chi connectivity index (χ3v) is 5.51. The minimum atomic E-state index is -0.248.